The third-order valence-corrected chi connectivity index (χ3v) is 7.02. The molecule has 2 heterocycles. The van der Waals surface area contributed by atoms with E-state index in [0.717, 1.165) is 42.9 Å². The van der Waals surface area contributed by atoms with Crippen molar-refractivity contribution in [2.24, 2.45) is 4.99 Å². The number of halogens is 1. The van der Waals surface area contributed by atoms with Crippen molar-refractivity contribution < 1.29 is 0 Å². The van der Waals surface area contributed by atoms with Crippen molar-refractivity contribution in [3.05, 3.63) is 5.82 Å². The number of rotatable bonds is 9. The molecule has 1 aliphatic carbocycles. The van der Waals surface area contributed by atoms with Gasteiger partial charge in [-0.15, -0.1) is 34.2 Å². The van der Waals surface area contributed by atoms with E-state index < -0.39 is 0 Å². The normalized spacial score (nSPS) is 19.1. The predicted molar refractivity (Wildman–Crippen MR) is 142 cm³/mol. The summed E-state index contributed by atoms with van der Waals surface area (Å²) >= 11 is 1.71. The van der Waals surface area contributed by atoms with Crippen LogP contribution in [-0.4, -0.2) is 70.1 Å². The van der Waals surface area contributed by atoms with Crippen LogP contribution in [0.2, 0.25) is 0 Å². The molecule has 31 heavy (non-hydrogen) atoms. The Kier molecular flexibility index (Phi) is 11.9. The highest BCUT2D eigenvalue weighted by Gasteiger charge is 2.23. The quantitative estimate of drug-likeness (QED) is 0.155. The van der Waals surface area contributed by atoms with Gasteiger partial charge in [0.15, 0.2) is 11.1 Å². The molecule has 0 radical (unpaired) electrons. The number of hydrogen-bond acceptors (Lipinski definition) is 5. The zero-order chi connectivity index (χ0) is 21.3. The molecular formula is C22H42IN7S. The first-order valence-corrected chi connectivity index (χ1v) is 13.1. The number of piperidine rings is 1. The first kappa shape index (κ1) is 26.7. The maximum Gasteiger partial charge on any atom is 0.191 e. The largest absolute Gasteiger partial charge is 0.357 e. The minimum atomic E-state index is 0. The van der Waals surface area contributed by atoms with E-state index in [0.29, 0.717) is 18.1 Å². The second-order valence-electron chi connectivity index (χ2n) is 8.82. The second-order valence-corrected chi connectivity index (χ2v) is 9.60. The Hall–Kier alpha value is -0.550. The Labute approximate surface area is 210 Å². The maximum absolute atomic E-state index is 4.85. The number of aryl methyl sites for hydroxylation is 1. The molecule has 1 aromatic rings. The lowest BCUT2D eigenvalue weighted by atomic mass is 10.0. The molecule has 7 nitrogen and oxygen atoms in total. The molecule has 3 rings (SSSR count). The number of thioether (sulfide) groups is 1. The Morgan fingerprint density at radius 2 is 1.87 bits per heavy atom. The molecule has 0 aromatic carbocycles. The smallest absolute Gasteiger partial charge is 0.191 e. The zero-order valence-corrected chi connectivity index (χ0v) is 22.9. The van der Waals surface area contributed by atoms with Gasteiger partial charge in [-0.3, -0.25) is 4.99 Å². The zero-order valence-electron chi connectivity index (χ0n) is 19.8. The number of nitrogens with one attached hydrogen (secondary N) is 2. The molecule has 0 atom stereocenters. The van der Waals surface area contributed by atoms with Crippen LogP contribution in [0.4, 0.5) is 0 Å². The molecule has 1 saturated heterocycles. The van der Waals surface area contributed by atoms with Gasteiger partial charge in [0.2, 0.25) is 0 Å². The van der Waals surface area contributed by atoms with Crippen molar-refractivity contribution in [3.63, 3.8) is 0 Å². The van der Waals surface area contributed by atoms with Crippen LogP contribution < -0.4 is 10.6 Å². The number of likely N-dealkylation sites (tertiary alicyclic amines) is 1. The number of aromatic nitrogens is 3. The Morgan fingerprint density at radius 3 is 2.48 bits per heavy atom. The molecular weight excluding hydrogens is 521 g/mol. The van der Waals surface area contributed by atoms with Crippen LogP contribution in [-0.2, 0) is 6.42 Å². The van der Waals surface area contributed by atoms with Gasteiger partial charge < -0.3 is 20.1 Å². The highest BCUT2D eigenvalue weighted by atomic mass is 127. The number of nitrogens with zero attached hydrogens (tertiary/aromatic N) is 5. The Morgan fingerprint density at radius 1 is 1.16 bits per heavy atom. The van der Waals surface area contributed by atoms with E-state index >= 15 is 0 Å². The van der Waals surface area contributed by atoms with Crippen molar-refractivity contribution in [1.82, 2.24) is 30.3 Å². The first-order valence-electron chi connectivity index (χ1n) is 11.9. The van der Waals surface area contributed by atoms with Crippen molar-refractivity contribution in [1.29, 1.82) is 0 Å². The summed E-state index contributed by atoms with van der Waals surface area (Å²) in [5.41, 5.74) is 0. The van der Waals surface area contributed by atoms with Crippen molar-refractivity contribution >= 4 is 41.7 Å². The maximum atomic E-state index is 4.85. The molecule has 2 fully saturated rings. The first-order chi connectivity index (χ1) is 14.6. The molecule has 0 unspecified atom stereocenters. The third kappa shape index (κ3) is 7.77. The number of guanidine groups is 1. The minimum absolute atomic E-state index is 0. The molecule has 0 amide bonds. The van der Waals surface area contributed by atoms with Gasteiger partial charge in [0.05, 0.1) is 0 Å². The Bertz CT molecular complexity index is 665. The second kappa shape index (κ2) is 13.9. The van der Waals surface area contributed by atoms with E-state index in [1.165, 1.54) is 51.6 Å². The molecule has 1 saturated carbocycles. The van der Waals surface area contributed by atoms with Gasteiger partial charge in [-0.25, -0.2) is 0 Å². The summed E-state index contributed by atoms with van der Waals surface area (Å²) in [6, 6.07) is 1.76. The number of hydrogen-bond donors (Lipinski definition) is 2. The van der Waals surface area contributed by atoms with Crippen LogP contribution in [0.25, 0.3) is 0 Å². The fraction of sp³-hybridized carbons (Fsp3) is 0.864. The molecule has 2 N–H and O–H groups in total. The highest BCUT2D eigenvalue weighted by Crippen LogP contribution is 2.33. The molecule has 178 valence electrons. The van der Waals surface area contributed by atoms with Crippen LogP contribution in [0.3, 0.4) is 0 Å². The molecule has 0 bridgehead atoms. The standard InChI is InChI=1S/C22H41N7S.HI/c1-5-23-21(25-18-12-15-28(16-13-18)17(2)3)24-14-8-11-20-26-27-22(30-4)29(20)19-9-6-7-10-19;/h17-19H,5-16H2,1-4H3,(H2,23,24,25);1H. The monoisotopic (exact) mass is 563 g/mol. The summed E-state index contributed by atoms with van der Waals surface area (Å²) in [5, 5.41) is 17.1. The topological polar surface area (TPSA) is 70.4 Å². The van der Waals surface area contributed by atoms with E-state index in [2.05, 4.69) is 57.3 Å². The Balaban J connectivity index is 0.00000341. The summed E-state index contributed by atoms with van der Waals surface area (Å²) in [6.07, 6.45) is 11.6. The fourth-order valence-corrected chi connectivity index (χ4v) is 5.22. The van der Waals surface area contributed by atoms with Crippen LogP contribution in [0, 0.1) is 0 Å². The van der Waals surface area contributed by atoms with Gasteiger partial charge in [0.25, 0.3) is 0 Å². The summed E-state index contributed by atoms with van der Waals surface area (Å²) in [7, 11) is 0. The van der Waals surface area contributed by atoms with Gasteiger partial charge in [0.1, 0.15) is 5.82 Å². The number of aliphatic imine (C=N–C) groups is 1. The van der Waals surface area contributed by atoms with E-state index in [1.807, 2.05) is 0 Å². The van der Waals surface area contributed by atoms with Gasteiger partial charge in [-0.05, 0) is 59.1 Å². The van der Waals surface area contributed by atoms with Crippen LogP contribution in [0.15, 0.2) is 10.1 Å². The van der Waals surface area contributed by atoms with E-state index in [1.54, 1.807) is 11.8 Å². The van der Waals surface area contributed by atoms with Crippen molar-refractivity contribution in [3.8, 4) is 0 Å². The van der Waals surface area contributed by atoms with Gasteiger partial charge in [0, 0.05) is 50.7 Å². The SMILES string of the molecule is CCNC(=NCCCc1nnc(SC)n1C1CCCC1)NC1CCN(C(C)C)CC1.I. The lowest BCUT2D eigenvalue weighted by molar-refractivity contribution is 0.167. The van der Waals surface area contributed by atoms with Crippen LogP contribution in [0.1, 0.15) is 77.6 Å². The van der Waals surface area contributed by atoms with Crippen LogP contribution in [0.5, 0.6) is 0 Å². The average molecular weight is 564 g/mol. The van der Waals surface area contributed by atoms with E-state index in [9.17, 15) is 0 Å². The van der Waals surface area contributed by atoms with Gasteiger partial charge in [-0.2, -0.15) is 0 Å². The summed E-state index contributed by atoms with van der Waals surface area (Å²) in [5.74, 6) is 2.10. The van der Waals surface area contributed by atoms with E-state index in [-0.39, 0.29) is 24.0 Å². The molecule has 0 spiro atoms. The highest BCUT2D eigenvalue weighted by molar-refractivity contribution is 14.0. The molecule has 1 aliphatic heterocycles. The molecule has 1 aromatic heterocycles. The van der Waals surface area contributed by atoms with Crippen molar-refractivity contribution in [2.45, 2.75) is 95.4 Å². The predicted octanol–water partition coefficient (Wildman–Crippen LogP) is 4.09. The lowest BCUT2D eigenvalue weighted by Crippen LogP contribution is -2.49. The molecule has 2 aliphatic rings. The fourth-order valence-electron chi connectivity index (χ4n) is 4.65. The summed E-state index contributed by atoms with van der Waals surface area (Å²) in [4.78, 5) is 7.41. The average Bonchev–Trinajstić information content (AvgIpc) is 3.41. The van der Waals surface area contributed by atoms with E-state index in [4.69, 9.17) is 4.99 Å². The van der Waals surface area contributed by atoms with Gasteiger partial charge >= 0.3 is 0 Å². The summed E-state index contributed by atoms with van der Waals surface area (Å²) in [6.45, 7) is 10.7. The third-order valence-electron chi connectivity index (χ3n) is 6.38. The molecule has 9 heteroatoms. The lowest BCUT2D eigenvalue weighted by Gasteiger charge is -2.35. The summed E-state index contributed by atoms with van der Waals surface area (Å²) < 4.78 is 2.41. The minimum Gasteiger partial charge on any atom is -0.357 e. The van der Waals surface area contributed by atoms with Crippen molar-refractivity contribution in [2.75, 3.05) is 32.4 Å². The van der Waals surface area contributed by atoms with Crippen LogP contribution >= 0.6 is 35.7 Å². The van der Waals surface area contributed by atoms with Gasteiger partial charge in [-0.1, -0.05) is 24.6 Å².